The molecule has 1 aliphatic rings. The van der Waals surface area contributed by atoms with Gasteiger partial charge in [0.2, 0.25) is 0 Å². The Morgan fingerprint density at radius 2 is 1.88 bits per heavy atom. The molecule has 1 saturated carbocycles. The summed E-state index contributed by atoms with van der Waals surface area (Å²) in [5, 5.41) is 4.18. The second-order valence-corrected chi connectivity index (χ2v) is 6.32. The van der Waals surface area contributed by atoms with Crippen molar-refractivity contribution in [3.63, 3.8) is 0 Å². The van der Waals surface area contributed by atoms with Crippen LogP contribution in [0.4, 0.5) is 0 Å². The average molecular weight is 323 g/mol. The third kappa shape index (κ3) is 4.38. The molecule has 0 aromatic heterocycles. The zero-order valence-corrected chi connectivity index (χ0v) is 14.3. The number of hydrogen-bond donors (Lipinski definition) is 0. The SMILES string of the molecule is COc1cccc(CON=Cc2ccccc2C2CCCCC2)c1. The van der Waals surface area contributed by atoms with E-state index in [1.165, 1.54) is 43.2 Å². The van der Waals surface area contributed by atoms with E-state index in [-0.39, 0.29) is 0 Å². The molecular weight excluding hydrogens is 298 g/mol. The molecule has 3 rings (SSSR count). The summed E-state index contributed by atoms with van der Waals surface area (Å²) in [6, 6.07) is 16.4. The summed E-state index contributed by atoms with van der Waals surface area (Å²) < 4.78 is 5.22. The normalized spacial score (nSPS) is 15.5. The van der Waals surface area contributed by atoms with Crippen molar-refractivity contribution in [3.8, 4) is 5.75 Å². The van der Waals surface area contributed by atoms with E-state index in [9.17, 15) is 0 Å². The van der Waals surface area contributed by atoms with Crippen LogP contribution in [-0.2, 0) is 11.4 Å². The Labute approximate surface area is 144 Å². The Kier molecular flexibility index (Phi) is 5.89. The highest BCUT2D eigenvalue weighted by atomic mass is 16.6. The van der Waals surface area contributed by atoms with E-state index >= 15 is 0 Å². The molecule has 0 bridgehead atoms. The minimum Gasteiger partial charge on any atom is -0.497 e. The summed E-state index contributed by atoms with van der Waals surface area (Å²) in [7, 11) is 1.67. The Morgan fingerprint density at radius 3 is 2.71 bits per heavy atom. The average Bonchev–Trinajstić information content (AvgIpc) is 2.66. The number of ether oxygens (including phenoxy) is 1. The number of rotatable bonds is 6. The van der Waals surface area contributed by atoms with Crippen LogP contribution in [-0.4, -0.2) is 13.3 Å². The lowest BCUT2D eigenvalue weighted by atomic mass is 9.82. The third-order valence-corrected chi connectivity index (χ3v) is 4.67. The summed E-state index contributed by atoms with van der Waals surface area (Å²) in [5.41, 5.74) is 3.63. The standard InChI is InChI=1S/C21H25NO2/c1-23-20-12-7-8-17(14-20)16-24-22-15-19-11-5-6-13-21(19)18-9-3-2-4-10-18/h5-8,11-15,18H,2-4,9-10,16H2,1H3. The van der Waals surface area contributed by atoms with E-state index in [1.807, 2.05) is 30.5 Å². The molecule has 3 heteroatoms. The largest absolute Gasteiger partial charge is 0.497 e. The van der Waals surface area contributed by atoms with Crippen LogP contribution in [0.2, 0.25) is 0 Å². The van der Waals surface area contributed by atoms with Crippen LogP contribution in [0, 0.1) is 0 Å². The van der Waals surface area contributed by atoms with Crippen LogP contribution in [0.15, 0.2) is 53.7 Å². The van der Waals surface area contributed by atoms with Crippen molar-refractivity contribution in [2.75, 3.05) is 7.11 Å². The van der Waals surface area contributed by atoms with Gasteiger partial charge in [0, 0.05) is 0 Å². The van der Waals surface area contributed by atoms with E-state index in [2.05, 4.69) is 29.4 Å². The zero-order chi connectivity index (χ0) is 16.6. The lowest BCUT2D eigenvalue weighted by Gasteiger charge is -2.23. The van der Waals surface area contributed by atoms with Gasteiger partial charge in [-0.25, -0.2) is 0 Å². The molecule has 0 heterocycles. The number of oxime groups is 1. The van der Waals surface area contributed by atoms with Crippen LogP contribution in [0.25, 0.3) is 0 Å². The highest BCUT2D eigenvalue weighted by Gasteiger charge is 2.17. The van der Waals surface area contributed by atoms with Gasteiger partial charge in [0.05, 0.1) is 13.3 Å². The molecule has 24 heavy (non-hydrogen) atoms. The zero-order valence-electron chi connectivity index (χ0n) is 14.3. The maximum atomic E-state index is 5.48. The van der Waals surface area contributed by atoms with E-state index in [4.69, 9.17) is 9.57 Å². The van der Waals surface area contributed by atoms with Gasteiger partial charge in [0.1, 0.15) is 12.4 Å². The van der Waals surface area contributed by atoms with E-state index in [0.717, 1.165) is 11.3 Å². The van der Waals surface area contributed by atoms with Crippen LogP contribution >= 0.6 is 0 Å². The smallest absolute Gasteiger partial charge is 0.142 e. The number of methoxy groups -OCH3 is 1. The van der Waals surface area contributed by atoms with Crippen molar-refractivity contribution >= 4 is 6.21 Å². The highest BCUT2D eigenvalue weighted by Crippen LogP contribution is 2.33. The lowest BCUT2D eigenvalue weighted by Crippen LogP contribution is -2.07. The molecule has 3 nitrogen and oxygen atoms in total. The second-order valence-electron chi connectivity index (χ2n) is 6.32. The first-order chi connectivity index (χ1) is 11.9. The highest BCUT2D eigenvalue weighted by molar-refractivity contribution is 5.81. The van der Waals surface area contributed by atoms with Crippen molar-refractivity contribution in [1.29, 1.82) is 0 Å². The molecule has 0 amide bonds. The molecule has 1 aliphatic carbocycles. The minimum absolute atomic E-state index is 0.444. The van der Waals surface area contributed by atoms with Crippen LogP contribution < -0.4 is 4.74 Å². The Morgan fingerprint density at radius 1 is 1.04 bits per heavy atom. The Hall–Kier alpha value is -2.29. The molecule has 0 aliphatic heterocycles. The first-order valence-electron chi connectivity index (χ1n) is 8.74. The van der Waals surface area contributed by atoms with Gasteiger partial charge >= 0.3 is 0 Å². The fourth-order valence-electron chi connectivity index (χ4n) is 3.38. The van der Waals surface area contributed by atoms with Gasteiger partial charge in [-0.3, -0.25) is 0 Å². The Balaban J connectivity index is 1.62. The van der Waals surface area contributed by atoms with Crippen molar-refractivity contribution in [1.82, 2.24) is 0 Å². The maximum Gasteiger partial charge on any atom is 0.142 e. The number of benzene rings is 2. The van der Waals surface area contributed by atoms with Crippen molar-refractivity contribution in [2.24, 2.45) is 5.16 Å². The molecule has 0 atom stereocenters. The van der Waals surface area contributed by atoms with Gasteiger partial charge in [0.25, 0.3) is 0 Å². The summed E-state index contributed by atoms with van der Waals surface area (Å²) in [4.78, 5) is 5.48. The molecule has 0 unspecified atom stereocenters. The molecule has 1 fully saturated rings. The topological polar surface area (TPSA) is 30.8 Å². The first kappa shape index (κ1) is 16.6. The molecule has 126 valence electrons. The summed E-state index contributed by atoms with van der Waals surface area (Å²) in [6.07, 6.45) is 8.47. The van der Waals surface area contributed by atoms with Gasteiger partial charge in [0.15, 0.2) is 0 Å². The fourth-order valence-corrected chi connectivity index (χ4v) is 3.38. The predicted octanol–water partition coefficient (Wildman–Crippen LogP) is 5.29. The van der Waals surface area contributed by atoms with Gasteiger partial charge in [-0.1, -0.05) is 60.8 Å². The van der Waals surface area contributed by atoms with Gasteiger partial charge in [-0.15, -0.1) is 0 Å². The predicted molar refractivity (Wildman–Crippen MR) is 97.6 cm³/mol. The summed E-state index contributed by atoms with van der Waals surface area (Å²) in [6.45, 7) is 0.444. The molecule has 0 N–H and O–H groups in total. The van der Waals surface area contributed by atoms with Crippen molar-refractivity contribution < 1.29 is 9.57 Å². The summed E-state index contributed by atoms with van der Waals surface area (Å²) in [5.74, 6) is 1.50. The van der Waals surface area contributed by atoms with Gasteiger partial charge in [-0.2, -0.15) is 0 Å². The second kappa shape index (κ2) is 8.53. The minimum atomic E-state index is 0.444. The molecule has 2 aromatic carbocycles. The van der Waals surface area contributed by atoms with Gasteiger partial charge < -0.3 is 9.57 Å². The lowest BCUT2D eigenvalue weighted by molar-refractivity contribution is 0.132. The monoisotopic (exact) mass is 323 g/mol. The molecule has 0 spiro atoms. The van der Waals surface area contributed by atoms with Crippen LogP contribution in [0.3, 0.4) is 0 Å². The molecular formula is C21H25NO2. The van der Waals surface area contributed by atoms with Crippen molar-refractivity contribution in [2.45, 2.75) is 44.6 Å². The third-order valence-electron chi connectivity index (χ3n) is 4.67. The maximum absolute atomic E-state index is 5.48. The van der Waals surface area contributed by atoms with Gasteiger partial charge in [-0.05, 0) is 47.6 Å². The van der Waals surface area contributed by atoms with Crippen LogP contribution in [0.5, 0.6) is 5.75 Å². The Bertz CT molecular complexity index is 675. The molecule has 0 radical (unpaired) electrons. The fraction of sp³-hybridized carbons (Fsp3) is 0.381. The van der Waals surface area contributed by atoms with E-state index in [0.29, 0.717) is 12.5 Å². The van der Waals surface area contributed by atoms with Crippen molar-refractivity contribution in [3.05, 3.63) is 65.2 Å². The number of nitrogens with zero attached hydrogens (tertiary/aromatic N) is 1. The summed E-state index contributed by atoms with van der Waals surface area (Å²) >= 11 is 0. The molecule has 0 saturated heterocycles. The molecule has 2 aromatic rings. The van der Waals surface area contributed by atoms with E-state index < -0.39 is 0 Å². The first-order valence-corrected chi connectivity index (χ1v) is 8.74. The number of hydrogen-bond acceptors (Lipinski definition) is 3. The quantitative estimate of drug-likeness (QED) is 0.534. The van der Waals surface area contributed by atoms with E-state index in [1.54, 1.807) is 7.11 Å². The van der Waals surface area contributed by atoms with Crippen LogP contribution in [0.1, 0.15) is 54.7 Å².